The highest BCUT2D eigenvalue weighted by molar-refractivity contribution is 5.56. The van der Waals surface area contributed by atoms with Crippen LogP contribution in [0.3, 0.4) is 0 Å². The summed E-state index contributed by atoms with van der Waals surface area (Å²) in [5.41, 5.74) is -0.214. The van der Waals surface area contributed by atoms with E-state index in [0.29, 0.717) is 0 Å². The van der Waals surface area contributed by atoms with Gasteiger partial charge in [0.1, 0.15) is 12.6 Å². The van der Waals surface area contributed by atoms with Crippen molar-refractivity contribution < 1.29 is 9.68 Å². The molecule has 0 aliphatic carbocycles. The molecule has 0 aromatic carbocycles. The highest BCUT2D eigenvalue weighted by Crippen LogP contribution is 2.19. The van der Waals surface area contributed by atoms with Crippen molar-refractivity contribution in [1.29, 1.82) is 0 Å². The van der Waals surface area contributed by atoms with Crippen molar-refractivity contribution >= 4 is 6.21 Å². The third-order valence-corrected chi connectivity index (χ3v) is 2.80. The van der Waals surface area contributed by atoms with E-state index in [9.17, 15) is 5.11 Å². The molecule has 2 unspecified atom stereocenters. The molecule has 0 aromatic heterocycles. The zero-order valence-corrected chi connectivity index (χ0v) is 8.17. The van der Waals surface area contributed by atoms with Gasteiger partial charge in [0.25, 0.3) is 0 Å². The molecular formula is C9H19N2O+. The fourth-order valence-corrected chi connectivity index (χ4v) is 2.02. The van der Waals surface area contributed by atoms with Gasteiger partial charge in [-0.3, -0.25) is 0 Å². The van der Waals surface area contributed by atoms with Crippen molar-refractivity contribution in [2.24, 2.45) is 0 Å². The van der Waals surface area contributed by atoms with Crippen molar-refractivity contribution in [1.82, 2.24) is 5.32 Å². The van der Waals surface area contributed by atoms with E-state index in [1.165, 1.54) is 0 Å². The molecule has 0 aromatic rings. The van der Waals surface area contributed by atoms with E-state index in [0.717, 1.165) is 19.5 Å². The molecule has 0 radical (unpaired) electrons. The molecule has 1 aliphatic rings. The maximum Gasteiger partial charge on any atom is 0.242 e. The third kappa shape index (κ3) is 1.27. The van der Waals surface area contributed by atoms with Crippen LogP contribution in [0.4, 0.5) is 0 Å². The van der Waals surface area contributed by atoms with Crippen LogP contribution in [0.5, 0.6) is 0 Å². The Labute approximate surface area is 74.1 Å². The van der Waals surface area contributed by atoms with Crippen LogP contribution in [0.2, 0.25) is 0 Å². The first kappa shape index (κ1) is 9.68. The molecule has 3 nitrogen and oxygen atoms in total. The second-order valence-electron chi connectivity index (χ2n) is 3.30. The van der Waals surface area contributed by atoms with Gasteiger partial charge in [0, 0.05) is 6.42 Å². The number of aliphatic hydroxyl groups is 1. The summed E-state index contributed by atoms with van der Waals surface area (Å²) < 4.78 is 2.19. The van der Waals surface area contributed by atoms with Crippen molar-refractivity contribution in [2.45, 2.75) is 39.0 Å². The maximum absolute atomic E-state index is 9.68. The summed E-state index contributed by atoms with van der Waals surface area (Å²) in [4.78, 5) is 0. The summed E-state index contributed by atoms with van der Waals surface area (Å²) in [6.07, 6.45) is 2.71. The highest BCUT2D eigenvalue weighted by atomic mass is 16.3. The lowest BCUT2D eigenvalue weighted by molar-refractivity contribution is -0.612. The van der Waals surface area contributed by atoms with Crippen molar-refractivity contribution in [3.63, 3.8) is 0 Å². The largest absolute Gasteiger partial charge is 0.385 e. The Balaban J connectivity index is 2.86. The standard InChI is InChI=1S/C9H19N2O/c1-4-9(8(3)12)10-6-7-11(9)5-2/h7-8,10,12H,4-6H2,1-3H3/q+1. The Morgan fingerprint density at radius 2 is 2.33 bits per heavy atom. The van der Waals surface area contributed by atoms with Gasteiger partial charge in [-0.15, -0.1) is 0 Å². The van der Waals surface area contributed by atoms with E-state index in [-0.39, 0.29) is 11.8 Å². The van der Waals surface area contributed by atoms with E-state index in [4.69, 9.17) is 0 Å². The molecule has 0 fully saturated rings. The highest BCUT2D eigenvalue weighted by Gasteiger charge is 2.46. The summed E-state index contributed by atoms with van der Waals surface area (Å²) >= 11 is 0. The normalized spacial score (nSPS) is 31.8. The smallest absolute Gasteiger partial charge is 0.242 e. The van der Waals surface area contributed by atoms with Crippen LogP contribution < -0.4 is 5.32 Å². The van der Waals surface area contributed by atoms with Crippen molar-refractivity contribution in [3.8, 4) is 0 Å². The zero-order valence-electron chi connectivity index (χ0n) is 8.17. The number of aliphatic hydroxyl groups excluding tert-OH is 1. The van der Waals surface area contributed by atoms with Crippen molar-refractivity contribution in [2.75, 3.05) is 13.1 Å². The Bertz CT molecular complexity index is 189. The number of nitrogens with zero attached hydrogens (tertiary/aromatic N) is 1. The van der Waals surface area contributed by atoms with Crippen LogP contribution in [0.25, 0.3) is 0 Å². The summed E-state index contributed by atoms with van der Waals surface area (Å²) in [6.45, 7) is 7.87. The molecular weight excluding hydrogens is 152 g/mol. The molecule has 3 heteroatoms. The minimum Gasteiger partial charge on any atom is -0.385 e. The second-order valence-corrected chi connectivity index (χ2v) is 3.30. The van der Waals surface area contributed by atoms with Crippen LogP contribution in [0, 0.1) is 0 Å². The van der Waals surface area contributed by atoms with E-state index >= 15 is 0 Å². The Morgan fingerprint density at radius 1 is 1.67 bits per heavy atom. The minimum absolute atomic E-state index is 0.214. The first-order chi connectivity index (χ1) is 5.67. The molecule has 1 aliphatic heterocycles. The van der Waals surface area contributed by atoms with Crippen LogP contribution in [0.1, 0.15) is 27.2 Å². The van der Waals surface area contributed by atoms with Gasteiger partial charge in [-0.05, 0) is 13.8 Å². The molecule has 70 valence electrons. The van der Waals surface area contributed by atoms with Gasteiger partial charge >= 0.3 is 0 Å². The number of hydrogen-bond acceptors (Lipinski definition) is 2. The van der Waals surface area contributed by atoms with E-state index in [2.05, 4.69) is 30.0 Å². The SMILES string of the molecule is CC[N+]1=CCNC1(CC)C(C)O. The average molecular weight is 171 g/mol. The van der Waals surface area contributed by atoms with Gasteiger partial charge in [-0.25, -0.2) is 9.89 Å². The van der Waals surface area contributed by atoms with Crippen LogP contribution in [-0.2, 0) is 0 Å². The van der Waals surface area contributed by atoms with Crippen molar-refractivity contribution in [3.05, 3.63) is 0 Å². The maximum atomic E-state index is 9.68. The van der Waals surface area contributed by atoms with Gasteiger partial charge in [-0.1, -0.05) is 6.92 Å². The summed E-state index contributed by atoms with van der Waals surface area (Å²) in [5, 5.41) is 13.0. The average Bonchev–Trinajstić information content (AvgIpc) is 2.47. The fourth-order valence-electron chi connectivity index (χ4n) is 2.02. The van der Waals surface area contributed by atoms with Crippen LogP contribution >= 0.6 is 0 Å². The lowest BCUT2D eigenvalue weighted by atomic mass is 10.0. The van der Waals surface area contributed by atoms with Gasteiger partial charge in [0.2, 0.25) is 5.66 Å². The molecule has 1 rings (SSSR count). The predicted molar refractivity (Wildman–Crippen MR) is 49.6 cm³/mol. The first-order valence-corrected chi connectivity index (χ1v) is 4.70. The van der Waals surface area contributed by atoms with Gasteiger partial charge in [0.15, 0.2) is 6.21 Å². The Morgan fingerprint density at radius 3 is 2.67 bits per heavy atom. The Hall–Kier alpha value is -0.410. The zero-order chi connectivity index (χ0) is 9.19. The number of likely N-dealkylation sites (N-methyl/N-ethyl adjacent to an activating group) is 1. The van der Waals surface area contributed by atoms with E-state index in [1.807, 2.05) is 6.92 Å². The van der Waals surface area contributed by atoms with Crippen LogP contribution in [0.15, 0.2) is 0 Å². The number of hydrogen-bond donors (Lipinski definition) is 2. The molecule has 0 saturated heterocycles. The molecule has 0 amide bonds. The van der Waals surface area contributed by atoms with E-state index < -0.39 is 0 Å². The topological polar surface area (TPSA) is 35.3 Å². The summed E-state index contributed by atoms with van der Waals surface area (Å²) in [7, 11) is 0. The summed E-state index contributed by atoms with van der Waals surface area (Å²) in [6, 6.07) is 0. The predicted octanol–water partition coefficient (Wildman–Crippen LogP) is 0.180. The molecule has 0 saturated carbocycles. The molecule has 0 spiro atoms. The lowest BCUT2D eigenvalue weighted by Gasteiger charge is -2.28. The molecule has 12 heavy (non-hydrogen) atoms. The Kier molecular flexibility index (Phi) is 2.85. The number of nitrogens with one attached hydrogen (secondary N) is 1. The van der Waals surface area contributed by atoms with Gasteiger partial charge < -0.3 is 5.11 Å². The molecule has 1 heterocycles. The molecule has 2 atom stereocenters. The number of rotatable bonds is 3. The second kappa shape index (κ2) is 3.54. The van der Waals surface area contributed by atoms with Gasteiger partial charge in [0.05, 0.1) is 6.54 Å². The monoisotopic (exact) mass is 171 g/mol. The third-order valence-electron chi connectivity index (χ3n) is 2.80. The van der Waals surface area contributed by atoms with Gasteiger partial charge in [-0.2, -0.15) is 0 Å². The minimum atomic E-state index is -0.332. The molecule has 2 N–H and O–H groups in total. The lowest BCUT2D eigenvalue weighted by Crippen LogP contribution is -2.56. The van der Waals surface area contributed by atoms with Crippen LogP contribution in [-0.4, -0.2) is 40.8 Å². The molecule has 0 bridgehead atoms. The van der Waals surface area contributed by atoms with E-state index in [1.54, 1.807) is 0 Å². The summed E-state index contributed by atoms with van der Waals surface area (Å²) in [5.74, 6) is 0. The fraction of sp³-hybridized carbons (Fsp3) is 0.889. The quantitative estimate of drug-likeness (QED) is 0.594. The first-order valence-electron chi connectivity index (χ1n) is 4.70.